The summed E-state index contributed by atoms with van der Waals surface area (Å²) in [4.78, 5) is 0. The fraction of sp³-hybridized carbons (Fsp3) is 0.667. The number of nitrogens with one attached hydrogen (secondary N) is 1. The molecule has 1 aromatic rings. The molecule has 0 radical (unpaired) electrons. The van der Waals surface area contributed by atoms with Crippen molar-refractivity contribution in [3.63, 3.8) is 0 Å². The van der Waals surface area contributed by atoms with Gasteiger partial charge in [-0.2, -0.15) is 0 Å². The molecule has 1 N–H and O–H groups in total. The van der Waals surface area contributed by atoms with Crippen molar-refractivity contribution in [2.75, 3.05) is 19.8 Å². The maximum atomic E-state index is 5.59. The van der Waals surface area contributed by atoms with E-state index < -0.39 is 0 Å². The number of aryl methyl sites for hydroxylation is 1. The van der Waals surface area contributed by atoms with Crippen LogP contribution in [0.2, 0.25) is 0 Å². The zero-order valence-corrected chi connectivity index (χ0v) is 13.2. The molecule has 1 aliphatic carbocycles. The van der Waals surface area contributed by atoms with Crippen LogP contribution in [0.25, 0.3) is 0 Å². The van der Waals surface area contributed by atoms with E-state index in [1.165, 1.54) is 24.0 Å². The highest BCUT2D eigenvalue weighted by molar-refractivity contribution is 5.26. The summed E-state index contributed by atoms with van der Waals surface area (Å²) in [6.07, 6.45) is 3.70. The molecule has 2 rings (SSSR count). The molecule has 112 valence electrons. The summed E-state index contributed by atoms with van der Waals surface area (Å²) in [7, 11) is 0. The van der Waals surface area contributed by atoms with Crippen LogP contribution in [0.4, 0.5) is 0 Å². The molecule has 0 aromatic heterocycles. The van der Waals surface area contributed by atoms with Gasteiger partial charge in [-0.1, -0.05) is 43.7 Å². The minimum atomic E-state index is 0.643. The highest BCUT2D eigenvalue weighted by Crippen LogP contribution is 2.36. The number of benzene rings is 1. The summed E-state index contributed by atoms with van der Waals surface area (Å²) < 4.78 is 5.59. The lowest BCUT2D eigenvalue weighted by Crippen LogP contribution is -2.40. The van der Waals surface area contributed by atoms with E-state index in [-0.39, 0.29) is 0 Å². The Kier molecular flexibility index (Phi) is 6.06. The maximum absolute atomic E-state index is 5.59. The summed E-state index contributed by atoms with van der Waals surface area (Å²) in [5.41, 5.74) is 2.86. The molecule has 20 heavy (non-hydrogen) atoms. The minimum absolute atomic E-state index is 0.643. The summed E-state index contributed by atoms with van der Waals surface area (Å²) >= 11 is 0. The quantitative estimate of drug-likeness (QED) is 0.727. The van der Waals surface area contributed by atoms with Crippen LogP contribution in [-0.2, 0) is 4.74 Å². The van der Waals surface area contributed by atoms with Crippen LogP contribution < -0.4 is 5.32 Å². The highest BCUT2D eigenvalue weighted by atomic mass is 16.5. The predicted molar refractivity (Wildman–Crippen MR) is 85.2 cm³/mol. The highest BCUT2D eigenvalue weighted by Gasteiger charge is 2.29. The lowest BCUT2D eigenvalue weighted by molar-refractivity contribution is 0.106. The van der Waals surface area contributed by atoms with Gasteiger partial charge in [-0.05, 0) is 50.1 Å². The molecule has 0 bridgehead atoms. The normalized spacial score (nSPS) is 22.0. The fourth-order valence-electron chi connectivity index (χ4n) is 2.69. The molecule has 0 spiro atoms. The van der Waals surface area contributed by atoms with E-state index in [1.807, 2.05) is 0 Å². The average molecular weight is 275 g/mol. The van der Waals surface area contributed by atoms with E-state index >= 15 is 0 Å². The van der Waals surface area contributed by atoms with Gasteiger partial charge in [-0.3, -0.25) is 0 Å². The molecule has 0 heterocycles. The van der Waals surface area contributed by atoms with Crippen LogP contribution in [0.1, 0.15) is 50.2 Å². The first-order valence-electron chi connectivity index (χ1n) is 8.03. The molecule has 0 unspecified atom stereocenters. The summed E-state index contributed by atoms with van der Waals surface area (Å²) in [5, 5.41) is 3.64. The molecule has 1 aromatic carbocycles. The molecular weight excluding hydrogens is 246 g/mol. The first-order chi connectivity index (χ1) is 9.65. The van der Waals surface area contributed by atoms with Gasteiger partial charge >= 0.3 is 0 Å². The number of rotatable bonds is 8. The zero-order valence-electron chi connectivity index (χ0n) is 13.2. The monoisotopic (exact) mass is 275 g/mol. The van der Waals surface area contributed by atoms with E-state index in [9.17, 15) is 0 Å². The van der Waals surface area contributed by atoms with Crippen LogP contribution in [0.5, 0.6) is 0 Å². The first kappa shape index (κ1) is 15.5. The van der Waals surface area contributed by atoms with Crippen LogP contribution >= 0.6 is 0 Å². The predicted octanol–water partition coefficient (Wildman–Crippen LogP) is 3.89. The second-order valence-corrected chi connectivity index (χ2v) is 6.55. The molecule has 0 amide bonds. The van der Waals surface area contributed by atoms with Crippen molar-refractivity contribution in [3.05, 3.63) is 35.4 Å². The third-order valence-corrected chi connectivity index (χ3v) is 4.04. The Bertz CT molecular complexity index is 379. The van der Waals surface area contributed by atoms with E-state index in [4.69, 9.17) is 4.74 Å². The Morgan fingerprint density at radius 2 is 1.90 bits per heavy atom. The Morgan fingerprint density at radius 1 is 1.20 bits per heavy atom. The SMILES string of the molecule is Cc1ccc(C2CC(NCCCOCC(C)C)C2)cc1. The average Bonchev–Trinajstić information content (AvgIpc) is 2.37. The molecule has 0 atom stereocenters. The molecule has 0 aliphatic heterocycles. The van der Waals surface area contributed by atoms with Gasteiger partial charge in [0.15, 0.2) is 0 Å². The second-order valence-electron chi connectivity index (χ2n) is 6.55. The second kappa shape index (κ2) is 7.80. The zero-order chi connectivity index (χ0) is 14.4. The lowest BCUT2D eigenvalue weighted by atomic mass is 9.76. The van der Waals surface area contributed by atoms with E-state index in [2.05, 4.69) is 50.4 Å². The molecule has 1 aliphatic rings. The first-order valence-corrected chi connectivity index (χ1v) is 8.03. The molecule has 2 heteroatoms. The molecule has 2 nitrogen and oxygen atoms in total. The summed E-state index contributed by atoms with van der Waals surface area (Å²) in [6, 6.07) is 9.74. The lowest BCUT2D eigenvalue weighted by Gasteiger charge is -2.36. The largest absolute Gasteiger partial charge is 0.381 e. The number of hydrogen-bond acceptors (Lipinski definition) is 2. The van der Waals surface area contributed by atoms with Crippen molar-refractivity contribution in [1.29, 1.82) is 0 Å². The third-order valence-electron chi connectivity index (χ3n) is 4.04. The maximum Gasteiger partial charge on any atom is 0.0489 e. The fourth-order valence-corrected chi connectivity index (χ4v) is 2.69. The smallest absolute Gasteiger partial charge is 0.0489 e. The summed E-state index contributed by atoms with van der Waals surface area (Å²) in [5.74, 6) is 1.41. The Morgan fingerprint density at radius 3 is 2.55 bits per heavy atom. The van der Waals surface area contributed by atoms with Gasteiger partial charge < -0.3 is 10.1 Å². The van der Waals surface area contributed by atoms with Gasteiger partial charge in [0.1, 0.15) is 0 Å². The van der Waals surface area contributed by atoms with Gasteiger partial charge in [0.05, 0.1) is 0 Å². The van der Waals surface area contributed by atoms with Crippen LogP contribution in [0, 0.1) is 12.8 Å². The topological polar surface area (TPSA) is 21.3 Å². The van der Waals surface area contributed by atoms with Gasteiger partial charge in [-0.15, -0.1) is 0 Å². The third kappa shape index (κ3) is 4.92. The summed E-state index contributed by atoms with van der Waals surface area (Å²) in [6.45, 7) is 9.40. The van der Waals surface area contributed by atoms with Gasteiger partial charge in [0, 0.05) is 19.3 Å². The molecule has 1 fully saturated rings. The van der Waals surface area contributed by atoms with E-state index in [0.717, 1.165) is 32.1 Å². The van der Waals surface area contributed by atoms with Crippen LogP contribution in [0.3, 0.4) is 0 Å². The van der Waals surface area contributed by atoms with Crippen molar-refractivity contribution < 1.29 is 4.74 Å². The molecule has 1 saturated carbocycles. The molecular formula is C18H29NO. The van der Waals surface area contributed by atoms with Crippen LogP contribution in [0.15, 0.2) is 24.3 Å². The van der Waals surface area contributed by atoms with Crippen molar-refractivity contribution in [2.45, 2.75) is 52.0 Å². The Balaban J connectivity index is 1.52. The van der Waals surface area contributed by atoms with E-state index in [1.54, 1.807) is 0 Å². The standard InChI is InChI=1S/C18H29NO/c1-14(2)13-20-10-4-9-19-18-11-17(12-18)16-7-5-15(3)6-8-16/h5-8,14,17-19H,4,9-13H2,1-3H3. The van der Waals surface area contributed by atoms with Crippen molar-refractivity contribution in [1.82, 2.24) is 5.32 Å². The van der Waals surface area contributed by atoms with Gasteiger partial charge in [0.25, 0.3) is 0 Å². The van der Waals surface area contributed by atoms with Gasteiger partial charge in [-0.25, -0.2) is 0 Å². The number of hydrogen-bond donors (Lipinski definition) is 1. The van der Waals surface area contributed by atoms with Crippen molar-refractivity contribution >= 4 is 0 Å². The van der Waals surface area contributed by atoms with Crippen LogP contribution in [-0.4, -0.2) is 25.8 Å². The number of ether oxygens (including phenoxy) is 1. The Hall–Kier alpha value is -0.860. The van der Waals surface area contributed by atoms with Crippen molar-refractivity contribution in [3.8, 4) is 0 Å². The van der Waals surface area contributed by atoms with Gasteiger partial charge in [0.2, 0.25) is 0 Å². The molecule has 0 saturated heterocycles. The minimum Gasteiger partial charge on any atom is -0.381 e. The van der Waals surface area contributed by atoms with E-state index in [0.29, 0.717) is 12.0 Å². The Labute approximate surface area is 123 Å². The van der Waals surface area contributed by atoms with Crippen molar-refractivity contribution in [2.24, 2.45) is 5.92 Å².